The summed E-state index contributed by atoms with van der Waals surface area (Å²) in [4.78, 5) is 15.3. The fraction of sp³-hybridized carbons (Fsp3) is 0.594. The van der Waals surface area contributed by atoms with Gasteiger partial charge in [-0.15, -0.1) is 0 Å². The summed E-state index contributed by atoms with van der Waals surface area (Å²) >= 11 is 0. The molecule has 0 bridgehead atoms. The normalized spacial score (nSPS) is 18.0. The molecule has 2 amide bonds. The lowest BCUT2D eigenvalue weighted by Gasteiger charge is -2.43. The molecule has 3 atom stereocenters. The Morgan fingerprint density at radius 2 is 1.85 bits per heavy atom. The molecule has 1 aliphatic heterocycles. The first-order valence-corrected chi connectivity index (χ1v) is 14.5. The molecule has 1 saturated heterocycles. The van der Waals surface area contributed by atoms with Gasteiger partial charge in [0.1, 0.15) is 11.5 Å². The fourth-order valence-electron chi connectivity index (χ4n) is 5.73. The number of unbranched alkanes of at least 4 members (excludes halogenated alkanes) is 1. The Bertz CT molecular complexity index is 1030. The van der Waals surface area contributed by atoms with Gasteiger partial charge in [-0.1, -0.05) is 50.2 Å². The van der Waals surface area contributed by atoms with Crippen LogP contribution in [0.1, 0.15) is 63.5 Å². The van der Waals surface area contributed by atoms with Gasteiger partial charge >= 0.3 is 6.03 Å². The highest BCUT2D eigenvalue weighted by molar-refractivity contribution is 5.74. The number of hydrogen-bond donors (Lipinski definition) is 3. The molecule has 3 unspecified atom stereocenters. The van der Waals surface area contributed by atoms with Crippen LogP contribution < -0.4 is 15.4 Å². The number of likely N-dealkylation sites (tertiary alicyclic amines) is 1. The smallest absolute Gasteiger partial charge is 0.317 e. The van der Waals surface area contributed by atoms with Crippen molar-refractivity contribution in [2.24, 2.45) is 11.8 Å². The third kappa shape index (κ3) is 8.69. The zero-order valence-electron chi connectivity index (χ0n) is 24.5. The molecule has 1 aliphatic rings. The number of ether oxygens (including phenoxy) is 2. The van der Waals surface area contributed by atoms with E-state index in [4.69, 9.17) is 9.47 Å². The quantitative estimate of drug-likeness (QED) is 0.263. The highest BCUT2D eigenvalue weighted by Crippen LogP contribution is 2.44. The molecule has 0 saturated carbocycles. The molecule has 2 aromatic rings. The van der Waals surface area contributed by atoms with Crippen LogP contribution in [0.2, 0.25) is 0 Å². The molecule has 39 heavy (non-hydrogen) atoms. The van der Waals surface area contributed by atoms with E-state index in [0.717, 1.165) is 55.5 Å². The highest BCUT2D eigenvalue weighted by Gasteiger charge is 2.43. The maximum atomic E-state index is 13.4. The van der Waals surface area contributed by atoms with Crippen molar-refractivity contribution in [3.8, 4) is 11.5 Å². The third-order valence-corrected chi connectivity index (χ3v) is 7.74. The Kier molecular flexibility index (Phi) is 12.1. The number of piperidine rings is 1. The van der Waals surface area contributed by atoms with E-state index in [0.29, 0.717) is 37.8 Å². The van der Waals surface area contributed by atoms with Gasteiger partial charge in [0.05, 0.1) is 5.60 Å². The molecule has 0 spiro atoms. The number of nitrogens with zero attached hydrogens (tertiary/aromatic N) is 1. The molecule has 3 N–H and O–H groups in total. The van der Waals surface area contributed by atoms with Crippen molar-refractivity contribution < 1.29 is 19.4 Å². The first kappa shape index (κ1) is 30.9. The van der Waals surface area contributed by atoms with Crippen molar-refractivity contribution in [1.29, 1.82) is 0 Å². The van der Waals surface area contributed by atoms with Gasteiger partial charge in [0, 0.05) is 50.9 Å². The lowest BCUT2D eigenvalue weighted by Crippen LogP contribution is -2.54. The van der Waals surface area contributed by atoms with Crippen LogP contribution in [0.25, 0.3) is 0 Å². The Balaban J connectivity index is 1.87. The van der Waals surface area contributed by atoms with E-state index in [1.165, 1.54) is 0 Å². The Labute approximate surface area is 235 Å². The maximum Gasteiger partial charge on any atom is 0.317 e. The molecule has 1 heterocycles. The lowest BCUT2D eigenvalue weighted by atomic mass is 9.73. The molecule has 0 radical (unpaired) electrons. The number of urea groups is 1. The second kappa shape index (κ2) is 15.2. The van der Waals surface area contributed by atoms with Crippen LogP contribution in [-0.2, 0) is 10.3 Å². The standard InChI is InChI=1S/C32H49N3O4/c1-24(2)21-27(22-33-4)34-31(36)35-19-12-14-26(23-35)32(37,18-10-11-20-38-5)28-15-7-9-17-30(28)39-29-16-8-6-13-25(29)3/h6-9,13,15-17,24,26-27,33,37H,10-12,14,18-23H2,1-5H3,(H,34,36). The van der Waals surface area contributed by atoms with Gasteiger partial charge in [-0.2, -0.15) is 0 Å². The number of likely N-dealkylation sites (N-methyl/N-ethyl adjacent to an activating group) is 1. The average Bonchev–Trinajstić information content (AvgIpc) is 2.92. The minimum Gasteiger partial charge on any atom is -0.457 e. The van der Waals surface area contributed by atoms with Gasteiger partial charge < -0.3 is 30.1 Å². The predicted molar refractivity (Wildman–Crippen MR) is 157 cm³/mol. The number of nitrogens with one attached hydrogen (secondary N) is 2. The summed E-state index contributed by atoms with van der Waals surface area (Å²) in [5.74, 6) is 1.81. The zero-order chi connectivity index (χ0) is 28.3. The van der Waals surface area contributed by atoms with Crippen molar-refractivity contribution in [1.82, 2.24) is 15.5 Å². The first-order chi connectivity index (χ1) is 18.8. The summed E-state index contributed by atoms with van der Waals surface area (Å²) < 4.78 is 11.7. The molecule has 7 heteroatoms. The molecule has 2 aromatic carbocycles. The van der Waals surface area contributed by atoms with E-state index in [-0.39, 0.29) is 18.0 Å². The van der Waals surface area contributed by atoms with Crippen molar-refractivity contribution in [3.05, 3.63) is 59.7 Å². The number of carbonyl (C=O) groups is 1. The molecule has 3 rings (SSSR count). The number of aryl methyl sites for hydroxylation is 1. The summed E-state index contributed by atoms with van der Waals surface area (Å²) in [6, 6.07) is 15.8. The number of benzene rings is 2. The van der Waals surface area contributed by atoms with E-state index >= 15 is 0 Å². The van der Waals surface area contributed by atoms with Gasteiger partial charge in [-0.25, -0.2) is 4.79 Å². The number of rotatable bonds is 14. The lowest BCUT2D eigenvalue weighted by molar-refractivity contribution is -0.0575. The van der Waals surface area contributed by atoms with Gasteiger partial charge in [-0.05, 0) is 76.1 Å². The van der Waals surface area contributed by atoms with Crippen molar-refractivity contribution in [2.45, 2.75) is 70.9 Å². The average molecular weight is 540 g/mol. The Hall–Kier alpha value is -2.61. The van der Waals surface area contributed by atoms with E-state index in [1.54, 1.807) is 7.11 Å². The van der Waals surface area contributed by atoms with Gasteiger partial charge in [0.2, 0.25) is 0 Å². The first-order valence-electron chi connectivity index (χ1n) is 14.5. The van der Waals surface area contributed by atoms with Gasteiger partial charge in [0.15, 0.2) is 0 Å². The second-order valence-electron chi connectivity index (χ2n) is 11.4. The van der Waals surface area contributed by atoms with Crippen molar-refractivity contribution >= 4 is 6.03 Å². The fourth-order valence-corrected chi connectivity index (χ4v) is 5.73. The monoisotopic (exact) mass is 539 g/mol. The van der Waals surface area contributed by atoms with Crippen molar-refractivity contribution in [3.63, 3.8) is 0 Å². The minimum atomic E-state index is -1.14. The van der Waals surface area contributed by atoms with Crippen LogP contribution in [0.15, 0.2) is 48.5 Å². The summed E-state index contributed by atoms with van der Waals surface area (Å²) in [7, 11) is 3.62. The van der Waals surface area contributed by atoms with Crippen LogP contribution >= 0.6 is 0 Å². The second-order valence-corrected chi connectivity index (χ2v) is 11.4. The summed E-state index contributed by atoms with van der Waals surface area (Å²) in [6.45, 7) is 8.94. The van der Waals surface area contributed by atoms with Crippen LogP contribution in [0.3, 0.4) is 0 Å². The van der Waals surface area contributed by atoms with Crippen LogP contribution in [0.5, 0.6) is 11.5 Å². The van der Waals surface area contributed by atoms with Crippen LogP contribution in [0.4, 0.5) is 4.79 Å². The number of hydrogen-bond acceptors (Lipinski definition) is 5. The van der Waals surface area contributed by atoms with Crippen LogP contribution in [-0.4, -0.2) is 62.5 Å². The largest absolute Gasteiger partial charge is 0.457 e. The minimum absolute atomic E-state index is 0.0493. The number of carbonyl (C=O) groups excluding carboxylic acids is 1. The molecule has 1 fully saturated rings. The topological polar surface area (TPSA) is 83.1 Å². The molecular weight excluding hydrogens is 490 g/mol. The third-order valence-electron chi connectivity index (χ3n) is 7.74. The van der Waals surface area contributed by atoms with E-state index < -0.39 is 5.60 Å². The van der Waals surface area contributed by atoms with E-state index in [1.807, 2.05) is 67.4 Å². The summed E-state index contributed by atoms with van der Waals surface area (Å²) in [6.07, 6.45) is 4.84. The molecule has 0 aliphatic carbocycles. The number of amides is 2. The molecule has 216 valence electrons. The highest BCUT2D eigenvalue weighted by atomic mass is 16.5. The Morgan fingerprint density at radius 3 is 2.54 bits per heavy atom. The maximum absolute atomic E-state index is 13.4. The molecular formula is C32H49N3O4. The zero-order valence-corrected chi connectivity index (χ0v) is 24.5. The predicted octanol–water partition coefficient (Wildman–Crippen LogP) is 5.85. The van der Waals surface area contributed by atoms with E-state index in [9.17, 15) is 9.90 Å². The summed E-state index contributed by atoms with van der Waals surface area (Å²) in [5.41, 5.74) is 0.675. The molecule has 7 nitrogen and oxygen atoms in total. The van der Waals surface area contributed by atoms with Gasteiger partial charge in [0.25, 0.3) is 0 Å². The number of para-hydroxylation sites is 2. The molecule has 0 aromatic heterocycles. The van der Waals surface area contributed by atoms with Gasteiger partial charge in [-0.3, -0.25) is 0 Å². The van der Waals surface area contributed by atoms with Crippen LogP contribution in [0, 0.1) is 18.8 Å². The SMILES string of the molecule is CNCC(CC(C)C)NC(=O)N1CCCC(C(O)(CCCCOC)c2ccccc2Oc2ccccc2C)C1. The van der Waals surface area contributed by atoms with E-state index in [2.05, 4.69) is 24.5 Å². The Morgan fingerprint density at radius 1 is 1.13 bits per heavy atom. The number of methoxy groups -OCH3 is 1. The summed E-state index contributed by atoms with van der Waals surface area (Å²) in [5, 5.41) is 19.0. The van der Waals surface area contributed by atoms with Crippen molar-refractivity contribution in [2.75, 3.05) is 40.4 Å². The number of aliphatic hydroxyl groups is 1.